The molecule has 0 spiro atoms. The van der Waals surface area contributed by atoms with Crippen molar-refractivity contribution in [1.82, 2.24) is 19.4 Å². The van der Waals surface area contributed by atoms with Crippen molar-refractivity contribution in [2.24, 2.45) is 7.05 Å². The molecule has 164 valence electrons. The number of nitrogens with one attached hydrogen (secondary N) is 1. The fourth-order valence-corrected chi connectivity index (χ4v) is 3.92. The predicted octanol–water partition coefficient (Wildman–Crippen LogP) is 3.10. The Morgan fingerprint density at radius 3 is 2.59 bits per heavy atom. The zero-order chi connectivity index (χ0) is 22.7. The summed E-state index contributed by atoms with van der Waals surface area (Å²) in [5.41, 5.74) is 1.94. The third kappa shape index (κ3) is 4.44. The van der Waals surface area contributed by atoms with Crippen molar-refractivity contribution < 1.29 is 9.59 Å². The number of benzene rings is 1. The Labute approximate surface area is 185 Å². The standard InChI is InChI=1S/C24H25N5O3/c1-16-19(23(31)27-18-8-4-3-5-9-18)14-25-22(26-16)20-10-6-7-13-29(20)24(32)17-11-12-21(30)28(2)15-17/h3-5,8-9,11-12,14-15,20H,6-7,10,13H2,1-2H3,(H,27,31)/t20-/m0/s1. The molecular weight excluding hydrogens is 406 g/mol. The first-order chi connectivity index (χ1) is 15.4. The second-order valence-corrected chi connectivity index (χ2v) is 7.92. The summed E-state index contributed by atoms with van der Waals surface area (Å²) in [4.78, 5) is 48.4. The molecule has 0 saturated carbocycles. The zero-order valence-electron chi connectivity index (χ0n) is 18.1. The minimum absolute atomic E-state index is 0.155. The lowest BCUT2D eigenvalue weighted by molar-refractivity contribution is 0.0598. The van der Waals surface area contributed by atoms with Crippen molar-refractivity contribution in [3.63, 3.8) is 0 Å². The third-order valence-corrected chi connectivity index (χ3v) is 5.67. The van der Waals surface area contributed by atoms with Gasteiger partial charge in [0.15, 0.2) is 5.82 Å². The minimum Gasteiger partial charge on any atom is -0.328 e. The van der Waals surface area contributed by atoms with Gasteiger partial charge in [0.25, 0.3) is 11.8 Å². The second-order valence-electron chi connectivity index (χ2n) is 7.92. The first-order valence-corrected chi connectivity index (χ1v) is 10.6. The van der Waals surface area contributed by atoms with Crippen molar-refractivity contribution in [2.75, 3.05) is 11.9 Å². The molecule has 32 heavy (non-hydrogen) atoms. The summed E-state index contributed by atoms with van der Waals surface area (Å²) in [7, 11) is 1.62. The molecule has 0 aliphatic carbocycles. The SMILES string of the molecule is Cc1nc([C@@H]2CCCCN2C(=O)c2ccc(=O)n(C)c2)ncc1C(=O)Nc1ccccc1. The highest BCUT2D eigenvalue weighted by molar-refractivity contribution is 6.04. The zero-order valence-corrected chi connectivity index (χ0v) is 18.1. The molecule has 8 nitrogen and oxygen atoms in total. The fraction of sp³-hybridized carbons (Fsp3) is 0.292. The fourth-order valence-electron chi connectivity index (χ4n) is 3.92. The molecule has 1 fully saturated rings. The van der Waals surface area contributed by atoms with E-state index in [1.165, 1.54) is 16.8 Å². The highest BCUT2D eigenvalue weighted by Gasteiger charge is 2.31. The number of anilines is 1. The first kappa shape index (κ1) is 21.4. The average Bonchev–Trinajstić information content (AvgIpc) is 2.81. The van der Waals surface area contributed by atoms with Gasteiger partial charge in [-0.3, -0.25) is 14.4 Å². The summed E-state index contributed by atoms with van der Waals surface area (Å²) in [6, 6.07) is 11.9. The number of carbonyl (C=O) groups excluding carboxylic acids is 2. The Kier molecular flexibility index (Phi) is 6.11. The van der Waals surface area contributed by atoms with Crippen LogP contribution in [-0.2, 0) is 7.05 Å². The van der Waals surface area contributed by atoms with E-state index < -0.39 is 0 Å². The number of amides is 2. The molecule has 1 aromatic carbocycles. The van der Waals surface area contributed by atoms with E-state index >= 15 is 0 Å². The van der Waals surface area contributed by atoms with E-state index in [2.05, 4.69) is 15.3 Å². The van der Waals surface area contributed by atoms with E-state index in [1.807, 2.05) is 30.3 Å². The lowest BCUT2D eigenvalue weighted by atomic mass is 10.00. The van der Waals surface area contributed by atoms with Crippen LogP contribution in [0, 0.1) is 6.92 Å². The Morgan fingerprint density at radius 2 is 1.88 bits per heavy atom. The molecule has 0 bridgehead atoms. The maximum Gasteiger partial charge on any atom is 0.259 e. The van der Waals surface area contributed by atoms with Crippen LogP contribution in [0.4, 0.5) is 5.69 Å². The molecule has 1 atom stereocenters. The number of nitrogens with zero attached hydrogens (tertiary/aromatic N) is 4. The van der Waals surface area contributed by atoms with Crippen molar-refractivity contribution in [3.05, 3.63) is 87.9 Å². The number of aryl methyl sites for hydroxylation is 2. The van der Waals surface area contributed by atoms with Crippen LogP contribution in [0.1, 0.15) is 57.5 Å². The van der Waals surface area contributed by atoms with Crippen LogP contribution >= 0.6 is 0 Å². The van der Waals surface area contributed by atoms with E-state index in [-0.39, 0.29) is 23.4 Å². The summed E-state index contributed by atoms with van der Waals surface area (Å²) < 4.78 is 1.40. The molecule has 0 unspecified atom stereocenters. The number of para-hydroxylation sites is 1. The molecule has 1 saturated heterocycles. The van der Waals surface area contributed by atoms with Gasteiger partial charge in [-0.1, -0.05) is 18.2 Å². The van der Waals surface area contributed by atoms with Crippen molar-refractivity contribution in [2.45, 2.75) is 32.2 Å². The number of pyridine rings is 1. The van der Waals surface area contributed by atoms with Gasteiger partial charge in [-0.05, 0) is 44.4 Å². The van der Waals surface area contributed by atoms with E-state index in [9.17, 15) is 14.4 Å². The van der Waals surface area contributed by atoms with Gasteiger partial charge in [0.2, 0.25) is 5.56 Å². The topological polar surface area (TPSA) is 97.2 Å². The summed E-state index contributed by atoms with van der Waals surface area (Å²) in [5.74, 6) is 0.0936. The van der Waals surface area contributed by atoms with Gasteiger partial charge in [-0.25, -0.2) is 9.97 Å². The lowest BCUT2D eigenvalue weighted by Gasteiger charge is -2.35. The van der Waals surface area contributed by atoms with Gasteiger partial charge < -0.3 is 14.8 Å². The molecule has 4 rings (SSSR count). The van der Waals surface area contributed by atoms with E-state index in [0.717, 1.165) is 19.3 Å². The van der Waals surface area contributed by atoms with Gasteiger partial charge in [0.1, 0.15) is 0 Å². The molecule has 3 aromatic rings. The number of carbonyl (C=O) groups is 2. The van der Waals surface area contributed by atoms with Crippen LogP contribution in [0.2, 0.25) is 0 Å². The Morgan fingerprint density at radius 1 is 1.09 bits per heavy atom. The average molecular weight is 431 g/mol. The van der Waals surface area contributed by atoms with E-state index in [4.69, 9.17) is 0 Å². The molecule has 2 amide bonds. The summed E-state index contributed by atoms with van der Waals surface area (Å²) in [6.07, 6.45) is 5.68. The Balaban J connectivity index is 1.57. The molecule has 3 heterocycles. The molecule has 1 aliphatic heterocycles. The smallest absolute Gasteiger partial charge is 0.259 e. The number of piperidine rings is 1. The van der Waals surface area contributed by atoms with Gasteiger partial charge in [0.05, 0.1) is 22.9 Å². The lowest BCUT2D eigenvalue weighted by Crippen LogP contribution is -2.39. The number of rotatable bonds is 4. The van der Waals surface area contributed by atoms with Crippen LogP contribution in [0.15, 0.2) is 59.7 Å². The highest BCUT2D eigenvalue weighted by atomic mass is 16.2. The minimum atomic E-state index is -0.279. The second kappa shape index (κ2) is 9.13. The predicted molar refractivity (Wildman–Crippen MR) is 120 cm³/mol. The third-order valence-electron chi connectivity index (χ3n) is 5.67. The number of hydrogen-bond donors (Lipinski definition) is 1. The van der Waals surface area contributed by atoms with Crippen LogP contribution in [0.25, 0.3) is 0 Å². The summed E-state index contributed by atoms with van der Waals surface area (Å²) in [5, 5.41) is 2.85. The molecule has 1 N–H and O–H groups in total. The van der Waals surface area contributed by atoms with Crippen molar-refractivity contribution in [3.8, 4) is 0 Å². The molecular formula is C24H25N5O3. The van der Waals surface area contributed by atoms with E-state index in [1.54, 1.807) is 31.1 Å². The van der Waals surface area contributed by atoms with Crippen molar-refractivity contribution in [1.29, 1.82) is 0 Å². The summed E-state index contributed by atoms with van der Waals surface area (Å²) >= 11 is 0. The molecule has 2 aromatic heterocycles. The van der Waals surface area contributed by atoms with Gasteiger partial charge in [0, 0.05) is 37.7 Å². The van der Waals surface area contributed by atoms with Gasteiger partial charge in [-0.2, -0.15) is 0 Å². The van der Waals surface area contributed by atoms with Gasteiger partial charge >= 0.3 is 0 Å². The van der Waals surface area contributed by atoms with Gasteiger partial charge in [-0.15, -0.1) is 0 Å². The quantitative estimate of drug-likeness (QED) is 0.685. The molecule has 0 radical (unpaired) electrons. The number of aromatic nitrogens is 3. The maximum absolute atomic E-state index is 13.2. The number of hydrogen-bond acceptors (Lipinski definition) is 5. The van der Waals surface area contributed by atoms with E-state index in [0.29, 0.717) is 34.9 Å². The Hall–Kier alpha value is -3.81. The normalized spacial score (nSPS) is 15.9. The molecule has 1 aliphatic rings. The Bertz CT molecular complexity index is 1210. The number of likely N-dealkylation sites (tertiary alicyclic amines) is 1. The van der Waals surface area contributed by atoms with Crippen LogP contribution in [0.5, 0.6) is 0 Å². The summed E-state index contributed by atoms with van der Waals surface area (Å²) in [6.45, 7) is 2.36. The highest BCUT2D eigenvalue weighted by Crippen LogP contribution is 2.30. The monoisotopic (exact) mass is 431 g/mol. The maximum atomic E-state index is 13.2. The van der Waals surface area contributed by atoms with Crippen molar-refractivity contribution >= 4 is 17.5 Å². The van der Waals surface area contributed by atoms with Crippen LogP contribution in [0.3, 0.4) is 0 Å². The largest absolute Gasteiger partial charge is 0.328 e. The van der Waals surface area contributed by atoms with Crippen LogP contribution < -0.4 is 10.9 Å². The van der Waals surface area contributed by atoms with Crippen LogP contribution in [-0.4, -0.2) is 37.8 Å². The molecule has 8 heteroatoms. The first-order valence-electron chi connectivity index (χ1n) is 10.6.